The monoisotopic (exact) mass is 698 g/mol. The predicted octanol–water partition coefficient (Wildman–Crippen LogP) is 14.4. The molecule has 1 aliphatic carbocycles. The van der Waals surface area contributed by atoms with Crippen molar-refractivity contribution in [2.24, 2.45) is 0 Å². The fourth-order valence-corrected chi connectivity index (χ4v) is 8.88. The third-order valence-electron chi connectivity index (χ3n) is 11.3. The maximum absolute atomic E-state index is 2.38. The number of hydrogen-bond donors (Lipinski definition) is 0. The molecule has 0 spiro atoms. The molecule has 10 rings (SSSR count). The highest BCUT2D eigenvalue weighted by Gasteiger charge is 2.47. The highest BCUT2D eigenvalue weighted by molar-refractivity contribution is 5.93. The highest BCUT2D eigenvalue weighted by Crippen LogP contribution is 2.58. The Kier molecular flexibility index (Phi) is 8.16. The Hall–Kier alpha value is -7.02. The van der Waals surface area contributed by atoms with Gasteiger partial charge in [-0.15, -0.1) is 0 Å². The van der Waals surface area contributed by atoms with E-state index in [0.29, 0.717) is 0 Å². The maximum Gasteiger partial charge on any atom is 0.0719 e. The molecule has 0 heteroatoms. The molecular weight excluding hydrogens is 661 g/mol. The topological polar surface area (TPSA) is 0 Å². The van der Waals surface area contributed by atoms with Crippen LogP contribution in [0.15, 0.2) is 231 Å². The Bertz CT molecular complexity index is 2680. The van der Waals surface area contributed by atoms with E-state index < -0.39 is 5.41 Å². The summed E-state index contributed by atoms with van der Waals surface area (Å²) in [6, 6.07) is 84.5. The molecule has 0 nitrogen and oxygen atoms in total. The Morgan fingerprint density at radius 1 is 0.218 bits per heavy atom. The summed E-state index contributed by atoms with van der Waals surface area (Å²) in [5, 5.41) is 0. The van der Waals surface area contributed by atoms with E-state index in [-0.39, 0.29) is 0 Å². The molecule has 0 aliphatic heterocycles. The van der Waals surface area contributed by atoms with Gasteiger partial charge < -0.3 is 0 Å². The van der Waals surface area contributed by atoms with Crippen LogP contribution in [0.1, 0.15) is 22.3 Å². The standard InChI is InChI=1S/C55H38/c1-5-18-39(19-6-1)45-36-46(40-20-7-2-8-21-40)38-47(37-45)43-24-15-22-41(34-43)42-23-16-25-44(35-42)50-31-17-32-52-51-30-13-14-33-53(51)55(54(50)52,48-26-9-3-10-27-48)49-28-11-4-12-29-49/h1-38H. The average molecular weight is 699 g/mol. The van der Waals surface area contributed by atoms with Crippen molar-refractivity contribution >= 4 is 0 Å². The first kappa shape index (κ1) is 32.6. The van der Waals surface area contributed by atoms with E-state index in [1.807, 2.05) is 0 Å². The van der Waals surface area contributed by atoms with Gasteiger partial charge in [0.15, 0.2) is 0 Å². The molecule has 0 radical (unpaired) electrons. The molecule has 0 bridgehead atoms. The van der Waals surface area contributed by atoms with Crippen LogP contribution < -0.4 is 0 Å². The van der Waals surface area contributed by atoms with Crippen molar-refractivity contribution in [1.29, 1.82) is 0 Å². The van der Waals surface area contributed by atoms with E-state index in [4.69, 9.17) is 0 Å². The molecule has 0 unspecified atom stereocenters. The van der Waals surface area contributed by atoms with Crippen molar-refractivity contribution in [3.63, 3.8) is 0 Å². The largest absolute Gasteiger partial charge is 0.0719 e. The van der Waals surface area contributed by atoms with Crippen molar-refractivity contribution in [2.45, 2.75) is 5.41 Å². The van der Waals surface area contributed by atoms with Crippen LogP contribution in [-0.4, -0.2) is 0 Å². The van der Waals surface area contributed by atoms with Crippen molar-refractivity contribution < 1.29 is 0 Å². The molecule has 9 aromatic carbocycles. The third kappa shape index (κ3) is 5.63. The minimum absolute atomic E-state index is 0.471. The van der Waals surface area contributed by atoms with Crippen LogP contribution in [0.25, 0.3) is 66.8 Å². The Morgan fingerprint density at radius 3 is 1.13 bits per heavy atom. The van der Waals surface area contributed by atoms with Gasteiger partial charge in [0.25, 0.3) is 0 Å². The first-order chi connectivity index (χ1) is 27.3. The summed E-state index contributed by atoms with van der Waals surface area (Å²) in [4.78, 5) is 0. The molecule has 0 aromatic heterocycles. The Balaban J connectivity index is 1.13. The van der Waals surface area contributed by atoms with Gasteiger partial charge in [0.05, 0.1) is 5.41 Å². The van der Waals surface area contributed by atoms with Crippen LogP contribution in [0.5, 0.6) is 0 Å². The molecule has 258 valence electrons. The lowest BCUT2D eigenvalue weighted by molar-refractivity contribution is 0.770. The van der Waals surface area contributed by atoms with Crippen molar-refractivity contribution in [1.82, 2.24) is 0 Å². The lowest BCUT2D eigenvalue weighted by Gasteiger charge is -2.35. The Labute approximate surface area is 323 Å². The van der Waals surface area contributed by atoms with Gasteiger partial charge >= 0.3 is 0 Å². The summed E-state index contributed by atoms with van der Waals surface area (Å²) in [6.45, 7) is 0. The van der Waals surface area contributed by atoms with E-state index in [2.05, 4.69) is 231 Å². The molecule has 0 N–H and O–H groups in total. The van der Waals surface area contributed by atoms with Gasteiger partial charge in [0.2, 0.25) is 0 Å². The summed E-state index contributed by atoms with van der Waals surface area (Å²) in [7, 11) is 0. The molecule has 55 heavy (non-hydrogen) atoms. The normalized spacial score (nSPS) is 12.5. The van der Waals surface area contributed by atoms with E-state index in [0.717, 1.165) is 0 Å². The highest BCUT2D eigenvalue weighted by atomic mass is 14.5. The zero-order valence-corrected chi connectivity index (χ0v) is 30.4. The quantitative estimate of drug-likeness (QED) is 0.155. The lowest BCUT2D eigenvalue weighted by Crippen LogP contribution is -2.29. The fraction of sp³-hybridized carbons (Fsp3) is 0.0182. The SMILES string of the molecule is c1ccc(-c2cc(-c3ccccc3)cc(-c3cccc(-c4cccc(-c5cccc6c5C(c5ccccc5)(c5ccccc5)c5ccccc5-6)c4)c3)c2)cc1. The van der Waals surface area contributed by atoms with Crippen LogP contribution in [0.4, 0.5) is 0 Å². The molecule has 0 amide bonds. The van der Waals surface area contributed by atoms with Crippen LogP contribution in [0.2, 0.25) is 0 Å². The van der Waals surface area contributed by atoms with Gasteiger partial charge in [-0.3, -0.25) is 0 Å². The first-order valence-electron chi connectivity index (χ1n) is 19.1. The van der Waals surface area contributed by atoms with Gasteiger partial charge in [0, 0.05) is 0 Å². The predicted molar refractivity (Wildman–Crippen MR) is 231 cm³/mol. The lowest BCUT2D eigenvalue weighted by atomic mass is 9.66. The van der Waals surface area contributed by atoms with Crippen LogP contribution >= 0.6 is 0 Å². The maximum atomic E-state index is 2.38. The second-order valence-corrected chi connectivity index (χ2v) is 14.4. The van der Waals surface area contributed by atoms with Gasteiger partial charge in [0.1, 0.15) is 0 Å². The zero-order valence-electron chi connectivity index (χ0n) is 30.4. The summed E-state index contributed by atoms with van der Waals surface area (Å²) in [5.41, 5.74) is 19.4. The molecule has 1 aliphatic rings. The van der Waals surface area contributed by atoms with E-state index >= 15 is 0 Å². The molecule has 0 saturated carbocycles. The second kappa shape index (κ2) is 13.8. The van der Waals surface area contributed by atoms with Gasteiger partial charge in [-0.25, -0.2) is 0 Å². The van der Waals surface area contributed by atoms with Crippen LogP contribution in [0.3, 0.4) is 0 Å². The summed E-state index contributed by atoms with van der Waals surface area (Å²) in [6.07, 6.45) is 0. The summed E-state index contributed by atoms with van der Waals surface area (Å²) >= 11 is 0. The molecule has 0 heterocycles. The van der Waals surface area contributed by atoms with Crippen LogP contribution in [-0.2, 0) is 5.41 Å². The first-order valence-corrected chi connectivity index (χ1v) is 19.1. The minimum atomic E-state index is -0.471. The number of fused-ring (bicyclic) bond motifs is 3. The molecule has 0 atom stereocenters. The summed E-state index contributed by atoms with van der Waals surface area (Å²) in [5.74, 6) is 0. The average Bonchev–Trinajstić information content (AvgIpc) is 3.59. The number of rotatable bonds is 7. The Morgan fingerprint density at radius 2 is 0.564 bits per heavy atom. The molecular formula is C55H38. The number of hydrogen-bond acceptors (Lipinski definition) is 0. The van der Waals surface area contributed by atoms with Gasteiger partial charge in [-0.2, -0.15) is 0 Å². The third-order valence-corrected chi connectivity index (χ3v) is 11.3. The molecule has 9 aromatic rings. The van der Waals surface area contributed by atoms with E-state index in [1.54, 1.807) is 0 Å². The number of benzene rings is 9. The van der Waals surface area contributed by atoms with Crippen molar-refractivity contribution in [2.75, 3.05) is 0 Å². The molecule has 0 saturated heterocycles. The van der Waals surface area contributed by atoms with Gasteiger partial charge in [-0.05, 0) is 119 Å². The minimum Gasteiger partial charge on any atom is -0.0622 e. The zero-order chi connectivity index (χ0) is 36.6. The van der Waals surface area contributed by atoms with Gasteiger partial charge in [-0.1, -0.05) is 200 Å². The molecule has 0 fully saturated rings. The van der Waals surface area contributed by atoms with Crippen molar-refractivity contribution in [3.05, 3.63) is 253 Å². The van der Waals surface area contributed by atoms with Crippen molar-refractivity contribution in [3.8, 4) is 66.8 Å². The summed E-state index contributed by atoms with van der Waals surface area (Å²) < 4.78 is 0. The van der Waals surface area contributed by atoms with E-state index in [1.165, 1.54) is 89.0 Å². The smallest absolute Gasteiger partial charge is 0.0622 e. The van der Waals surface area contributed by atoms with E-state index in [9.17, 15) is 0 Å². The second-order valence-electron chi connectivity index (χ2n) is 14.4. The van der Waals surface area contributed by atoms with Crippen LogP contribution in [0, 0.1) is 0 Å². The fourth-order valence-electron chi connectivity index (χ4n) is 8.88.